The number of aromatic nitrogens is 1. The lowest BCUT2D eigenvalue weighted by atomic mass is 10.2. The second kappa shape index (κ2) is 6.90. The summed E-state index contributed by atoms with van der Waals surface area (Å²) in [7, 11) is 1.77. The third kappa shape index (κ3) is 3.41. The SMILES string of the molecule is CCCN1CCN(C(=O)c2nc(NC)ccc2Cl)CC1. The first kappa shape index (κ1) is 15.1. The fourth-order valence-electron chi connectivity index (χ4n) is 2.37. The summed E-state index contributed by atoms with van der Waals surface area (Å²) in [5.41, 5.74) is 0.336. The van der Waals surface area contributed by atoms with Crippen molar-refractivity contribution in [2.75, 3.05) is 45.1 Å². The van der Waals surface area contributed by atoms with Gasteiger partial charge in [-0.05, 0) is 25.1 Å². The van der Waals surface area contributed by atoms with Crippen LogP contribution in [-0.2, 0) is 0 Å². The molecule has 0 aromatic carbocycles. The van der Waals surface area contributed by atoms with E-state index >= 15 is 0 Å². The van der Waals surface area contributed by atoms with Crippen molar-refractivity contribution < 1.29 is 4.79 Å². The average Bonchev–Trinajstić information content (AvgIpc) is 2.48. The highest BCUT2D eigenvalue weighted by molar-refractivity contribution is 6.33. The normalized spacial score (nSPS) is 16.2. The first-order valence-corrected chi connectivity index (χ1v) is 7.39. The van der Waals surface area contributed by atoms with Crippen LogP contribution in [0, 0.1) is 0 Å². The number of rotatable bonds is 4. The summed E-state index contributed by atoms with van der Waals surface area (Å²) < 4.78 is 0. The van der Waals surface area contributed by atoms with E-state index in [1.54, 1.807) is 19.2 Å². The van der Waals surface area contributed by atoms with E-state index in [0.29, 0.717) is 16.5 Å². The Balaban J connectivity index is 2.05. The molecule has 0 unspecified atom stereocenters. The summed E-state index contributed by atoms with van der Waals surface area (Å²) in [5.74, 6) is 0.575. The molecule has 1 saturated heterocycles. The summed E-state index contributed by atoms with van der Waals surface area (Å²) in [5, 5.41) is 3.33. The van der Waals surface area contributed by atoms with Crippen LogP contribution in [0.15, 0.2) is 12.1 Å². The number of hydrogen-bond donors (Lipinski definition) is 1. The van der Waals surface area contributed by atoms with Gasteiger partial charge in [-0.2, -0.15) is 0 Å². The van der Waals surface area contributed by atoms with E-state index in [-0.39, 0.29) is 5.91 Å². The highest BCUT2D eigenvalue weighted by atomic mass is 35.5. The molecular weight excluding hydrogens is 276 g/mol. The minimum atomic E-state index is -0.0803. The Hall–Kier alpha value is -1.33. The second-order valence-electron chi connectivity index (χ2n) is 4.91. The molecule has 0 saturated carbocycles. The van der Waals surface area contributed by atoms with Crippen LogP contribution in [0.4, 0.5) is 5.82 Å². The Labute approximate surface area is 124 Å². The van der Waals surface area contributed by atoms with Crippen molar-refractivity contribution in [2.24, 2.45) is 0 Å². The summed E-state index contributed by atoms with van der Waals surface area (Å²) in [6, 6.07) is 3.47. The van der Waals surface area contributed by atoms with Crippen molar-refractivity contribution in [3.8, 4) is 0 Å². The smallest absolute Gasteiger partial charge is 0.274 e. The van der Waals surface area contributed by atoms with Crippen LogP contribution in [0.3, 0.4) is 0 Å². The van der Waals surface area contributed by atoms with Gasteiger partial charge in [0.25, 0.3) is 5.91 Å². The van der Waals surface area contributed by atoms with Gasteiger partial charge in [0.15, 0.2) is 0 Å². The van der Waals surface area contributed by atoms with E-state index in [0.717, 1.165) is 39.1 Å². The minimum Gasteiger partial charge on any atom is -0.373 e. The number of hydrogen-bond acceptors (Lipinski definition) is 4. The van der Waals surface area contributed by atoms with Crippen molar-refractivity contribution in [3.63, 3.8) is 0 Å². The Morgan fingerprint density at radius 2 is 2.05 bits per heavy atom. The van der Waals surface area contributed by atoms with E-state index < -0.39 is 0 Å². The third-order valence-electron chi connectivity index (χ3n) is 3.50. The van der Waals surface area contributed by atoms with Crippen LogP contribution in [-0.4, -0.2) is 60.5 Å². The van der Waals surface area contributed by atoms with Gasteiger partial charge in [-0.15, -0.1) is 0 Å². The van der Waals surface area contributed by atoms with Crippen LogP contribution in [0.2, 0.25) is 5.02 Å². The zero-order valence-corrected chi connectivity index (χ0v) is 12.8. The molecule has 0 bridgehead atoms. The van der Waals surface area contributed by atoms with Crippen molar-refractivity contribution >= 4 is 23.3 Å². The van der Waals surface area contributed by atoms with E-state index in [1.807, 2.05) is 4.90 Å². The molecule has 1 aliphatic heterocycles. The highest BCUT2D eigenvalue weighted by Crippen LogP contribution is 2.19. The number of nitrogens with one attached hydrogen (secondary N) is 1. The van der Waals surface area contributed by atoms with Gasteiger partial charge in [0, 0.05) is 33.2 Å². The van der Waals surface area contributed by atoms with E-state index in [4.69, 9.17) is 11.6 Å². The van der Waals surface area contributed by atoms with E-state index in [1.165, 1.54) is 0 Å². The zero-order chi connectivity index (χ0) is 14.5. The topological polar surface area (TPSA) is 48.5 Å². The lowest BCUT2D eigenvalue weighted by Crippen LogP contribution is -2.49. The zero-order valence-electron chi connectivity index (χ0n) is 12.0. The monoisotopic (exact) mass is 296 g/mol. The third-order valence-corrected chi connectivity index (χ3v) is 3.81. The molecule has 0 aliphatic carbocycles. The van der Waals surface area contributed by atoms with Crippen LogP contribution in [0.1, 0.15) is 23.8 Å². The first-order chi connectivity index (χ1) is 9.65. The van der Waals surface area contributed by atoms with Crippen LogP contribution in [0.5, 0.6) is 0 Å². The van der Waals surface area contributed by atoms with Gasteiger partial charge in [0.1, 0.15) is 11.5 Å². The predicted octanol–water partition coefficient (Wildman–Crippen LogP) is 1.94. The summed E-state index contributed by atoms with van der Waals surface area (Å²) in [4.78, 5) is 21.0. The molecule has 5 nitrogen and oxygen atoms in total. The standard InChI is InChI=1S/C14H21ClN4O/c1-3-6-18-7-9-19(10-8-18)14(20)13-11(15)4-5-12(16-2)17-13/h4-5H,3,6-10H2,1-2H3,(H,16,17). The molecule has 6 heteroatoms. The molecule has 20 heavy (non-hydrogen) atoms. The molecular formula is C14H21ClN4O. The maximum Gasteiger partial charge on any atom is 0.274 e. The molecule has 2 rings (SSSR count). The number of carbonyl (C=O) groups excluding carboxylic acids is 1. The molecule has 0 spiro atoms. The largest absolute Gasteiger partial charge is 0.373 e. The predicted molar refractivity (Wildman–Crippen MR) is 81.4 cm³/mol. The number of pyridine rings is 1. The second-order valence-corrected chi connectivity index (χ2v) is 5.32. The molecule has 1 N–H and O–H groups in total. The average molecular weight is 297 g/mol. The van der Waals surface area contributed by atoms with Crippen LogP contribution in [0.25, 0.3) is 0 Å². The Bertz CT molecular complexity index is 472. The van der Waals surface area contributed by atoms with Gasteiger partial charge in [-0.25, -0.2) is 4.98 Å². The molecule has 0 atom stereocenters. The van der Waals surface area contributed by atoms with Crippen molar-refractivity contribution in [2.45, 2.75) is 13.3 Å². The maximum absolute atomic E-state index is 12.5. The summed E-state index contributed by atoms with van der Waals surface area (Å²) in [6.45, 7) is 6.58. The van der Waals surface area contributed by atoms with Crippen molar-refractivity contribution in [3.05, 3.63) is 22.8 Å². The van der Waals surface area contributed by atoms with Crippen molar-refractivity contribution in [1.29, 1.82) is 0 Å². The fraction of sp³-hybridized carbons (Fsp3) is 0.571. The molecule has 1 aromatic rings. The lowest BCUT2D eigenvalue weighted by Gasteiger charge is -2.34. The van der Waals surface area contributed by atoms with Crippen LogP contribution >= 0.6 is 11.6 Å². The molecule has 1 fully saturated rings. The highest BCUT2D eigenvalue weighted by Gasteiger charge is 2.24. The number of halogens is 1. The number of piperazine rings is 1. The molecule has 2 heterocycles. The van der Waals surface area contributed by atoms with E-state index in [2.05, 4.69) is 22.1 Å². The quantitative estimate of drug-likeness (QED) is 0.922. The van der Waals surface area contributed by atoms with Gasteiger partial charge >= 0.3 is 0 Å². The maximum atomic E-state index is 12.5. The Kier molecular flexibility index (Phi) is 5.20. The van der Waals surface area contributed by atoms with Gasteiger partial charge < -0.3 is 10.2 Å². The Morgan fingerprint density at radius 1 is 1.35 bits per heavy atom. The Morgan fingerprint density at radius 3 is 2.65 bits per heavy atom. The van der Waals surface area contributed by atoms with Gasteiger partial charge in [-0.3, -0.25) is 9.69 Å². The lowest BCUT2D eigenvalue weighted by molar-refractivity contribution is 0.0632. The molecule has 1 aromatic heterocycles. The van der Waals surface area contributed by atoms with E-state index in [9.17, 15) is 4.79 Å². The number of nitrogens with zero attached hydrogens (tertiary/aromatic N) is 3. The molecule has 1 aliphatic rings. The van der Waals surface area contributed by atoms with Gasteiger partial charge in [-0.1, -0.05) is 18.5 Å². The van der Waals surface area contributed by atoms with Gasteiger partial charge in [0.2, 0.25) is 0 Å². The molecule has 1 amide bonds. The summed E-state index contributed by atoms with van der Waals surface area (Å²) in [6.07, 6.45) is 1.14. The first-order valence-electron chi connectivity index (χ1n) is 7.01. The summed E-state index contributed by atoms with van der Waals surface area (Å²) >= 11 is 6.10. The number of carbonyl (C=O) groups is 1. The number of amides is 1. The number of anilines is 1. The fourth-order valence-corrected chi connectivity index (χ4v) is 2.56. The van der Waals surface area contributed by atoms with Crippen molar-refractivity contribution in [1.82, 2.24) is 14.8 Å². The van der Waals surface area contributed by atoms with Crippen LogP contribution < -0.4 is 5.32 Å². The van der Waals surface area contributed by atoms with Gasteiger partial charge in [0.05, 0.1) is 5.02 Å². The molecule has 0 radical (unpaired) electrons. The minimum absolute atomic E-state index is 0.0803. The molecule has 110 valence electrons.